The molecule has 0 radical (unpaired) electrons. The maximum Gasteiger partial charge on any atom is 0.255 e. The van der Waals surface area contributed by atoms with Gasteiger partial charge in [-0.25, -0.2) is 4.39 Å². The van der Waals surface area contributed by atoms with Crippen molar-refractivity contribution in [2.45, 2.75) is 6.54 Å². The minimum absolute atomic E-state index is 0.0898. The monoisotopic (exact) mass is 353 g/mol. The standard InChI is InChI=1S/C17H12FN5O3/c18-11-4-2-1-3-10(11)9-23-14(12-5-6-26-22-12)7-13(21-23)17-19-15(24)8-16(25)20-17/h1-8H,9H2,(H2,19,20,24,25). The summed E-state index contributed by atoms with van der Waals surface area (Å²) >= 11 is 0. The third kappa shape index (κ3) is 2.97. The van der Waals surface area contributed by atoms with Crippen molar-refractivity contribution in [1.82, 2.24) is 24.9 Å². The Hall–Kier alpha value is -3.75. The van der Waals surface area contributed by atoms with Crippen molar-refractivity contribution >= 4 is 0 Å². The second-order valence-corrected chi connectivity index (χ2v) is 5.50. The minimum atomic E-state index is -0.515. The van der Waals surface area contributed by atoms with Gasteiger partial charge in [-0.1, -0.05) is 23.4 Å². The molecule has 130 valence electrons. The number of rotatable bonds is 4. The molecule has 26 heavy (non-hydrogen) atoms. The molecule has 0 atom stereocenters. The Morgan fingerprint density at radius 3 is 2.77 bits per heavy atom. The molecule has 4 aromatic rings. The molecule has 0 saturated carbocycles. The zero-order valence-corrected chi connectivity index (χ0v) is 13.3. The topological polar surface area (TPSA) is 110 Å². The molecular formula is C17H12FN5O3. The van der Waals surface area contributed by atoms with Crippen LogP contribution in [0, 0.1) is 5.82 Å². The highest BCUT2D eigenvalue weighted by Crippen LogP contribution is 2.24. The number of aromatic nitrogens is 5. The second kappa shape index (κ2) is 6.28. The lowest BCUT2D eigenvalue weighted by molar-refractivity contribution is 0.421. The van der Waals surface area contributed by atoms with Crippen LogP contribution >= 0.6 is 0 Å². The molecule has 0 fully saturated rings. The Bertz CT molecular complexity index is 1120. The van der Waals surface area contributed by atoms with E-state index in [9.17, 15) is 14.3 Å². The normalized spacial score (nSPS) is 11.0. The maximum atomic E-state index is 14.0. The molecule has 9 heteroatoms. The number of nitrogens with one attached hydrogen (secondary N) is 1. The van der Waals surface area contributed by atoms with Gasteiger partial charge in [0.25, 0.3) is 5.56 Å². The minimum Gasteiger partial charge on any atom is -0.493 e. The summed E-state index contributed by atoms with van der Waals surface area (Å²) in [6.07, 6.45) is 1.41. The summed E-state index contributed by atoms with van der Waals surface area (Å²) in [4.78, 5) is 17.9. The first-order chi connectivity index (χ1) is 12.6. The van der Waals surface area contributed by atoms with E-state index in [1.54, 1.807) is 30.3 Å². The van der Waals surface area contributed by atoms with Crippen LogP contribution in [0.2, 0.25) is 0 Å². The van der Waals surface area contributed by atoms with Crippen LogP contribution < -0.4 is 5.56 Å². The molecule has 4 rings (SSSR count). The predicted molar refractivity (Wildman–Crippen MR) is 88.7 cm³/mol. The number of H-pyrrole nitrogens is 1. The summed E-state index contributed by atoms with van der Waals surface area (Å²) in [5.74, 6) is -0.693. The van der Waals surface area contributed by atoms with Crippen molar-refractivity contribution in [1.29, 1.82) is 0 Å². The van der Waals surface area contributed by atoms with E-state index in [0.29, 0.717) is 22.6 Å². The van der Waals surface area contributed by atoms with Gasteiger partial charge in [0, 0.05) is 11.6 Å². The van der Waals surface area contributed by atoms with Crippen LogP contribution in [0.15, 0.2) is 58.0 Å². The third-order valence-corrected chi connectivity index (χ3v) is 3.73. The first-order valence-electron chi connectivity index (χ1n) is 7.63. The SMILES string of the molecule is O=c1cc(O)nc(-c2cc(-c3ccon3)n(Cc3ccccc3F)n2)[nH]1. The molecule has 0 amide bonds. The molecule has 0 aliphatic rings. The number of aromatic hydroxyl groups is 1. The van der Waals surface area contributed by atoms with Crippen molar-refractivity contribution in [3.63, 3.8) is 0 Å². The smallest absolute Gasteiger partial charge is 0.255 e. The van der Waals surface area contributed by atoms with Crippen molar-refractivity contribution in [3.8, 4) is 28.8 Å². The molecule has 2 N–H and O–H groups in total. The lowest BCUT2D eigenvalue weighted by Gasteiger charge is -2.06. The van der Waals surface area contributed by atoms with Crippen LogP contribution in [0.4, 0.5) is 4.39 Å². The molecule has 0 unspecified atom stereocenters. The second-order valence-electron chi connectivity index (χ2n) is 5.50. The lowest BCUT2D eigenvalue weighted by atomic mass is 10.2. The summed E-state index contributed by atoms with van der Waals surface area (Å²) in [7, 11) is 0. The Kier molecular flexibility index (Phi) is 3.81. The number of aromatic amines is 1. The molecule has 0 aliphatic heterocycles. The Labute approximate surface area is 145 Å². The molecule has 0 bridgehead atoms. The summed E-state index contributed by atoms with van der Waals surface area (Å²) in [5.41, 5.74) is 1.25. The molecular weight excluding hydrogens is 341 g/mol. The molecule has 0 saturated heterocycles. The highest BCUT2D eigenvalue weighted by Gasteiger charge is 2.17. The van der Waals surface area contributed by atoms with E-state index >= 15 is 0 Å². The maximum absolute atomic E-state index is 14.0. The van der Waals surface area contributed by atoms with Gasteiger partial charge in [0.05, 0.1) is 18.3 Å². The zero-order chi connectivity index (χ0) is 18.1. The lowest BCUT2D eigenvalue weighted by Crippen LogP contribution is -2.08. The Morgan fingerprint density at radius 1 is 1.19 bits per heavy atom. The molecule has 0 aliphatic carbocycles. The van der Waals surface area contributed by atoms with Gasteiger partial charge >= 0.3 is 0 Å². The van der Waals surface area contributed by atoms with Crippen LogP contribution in [-0.2, 0) is 6.54 Å². The third-order valence-electron chi connectivity index (χ3n) is 3.73. The van der Waals surface area contributed by atoms with Gasteiger partial charge in [0.15, 0.2) is 5.82 Å². The summed E-state index contributed by atoms with van der Waals surface area (Å²) < 4.78 is 20.4. The van der Waals surface area contributed by atoms with Crippen LogP contribution in [0.25, 0.3) is 22.9 Å². The summed E-state index contributed by atoms with van der Waals surface area (Å²) in [5, 5.41) is 17.8. The van der Waals surface area contributed by atoms with Gasteiger partial charge in [0.1, 0.15) is 23.5 Å². The number of nitrogens with zero attached hydrogens (tertiary/aromatic N) is 4. The fourth-order valence-electron chi connectivity index (χ4n) is 2.56. The number of hydrogen-bond donors (Lipinski definition) is 2. The zero-order valence-electron chi connectivity index (χ0n) is 13.3. The van der Waals surface area contributed by atoms with Gasteiger partial charge in [-0.3, -0.25) is 9.48 Å². The van der Waals surface area contributed by atoms with E-state index in [4.69, 9.17) is 4.52 Å². The molecule has 3 aromatic heterocycles. The number of benzene rings is 1. The van der Waals surface area contributed by atoms with E-state index in [2.05, 4.69) is 20.2 Å². The summed E-state index contributed by atoms with van der Waals surface area (Å²) in [6, 6.07) is 10.6. The predicted octanol–water partition coefficient (Wildman–Crippen LogP) is 2.18. The van der Waals surface area contributed by atoms with Gasteiger partial charge in [-0.05, 0) is 12.1 Å². The summed E-state index contributed by atoms with van der Waals surface area (Å²) in [6.45, 7) is 0.137. The van der Waals surface area contributed by atoms with Crippen molar-refractivity contribution in [2.24, 2.45) is 0 Å². The van der Waals surface area contributed by atoms with E-state index < -0.39 is 11.4 Å². The average Bonchev–Trinajstić information content (AvgIpc) is 3.25. The molecule has 3 heterocycles. The van der Waals surface area contributed by atoms with Crippen molar-refractivity contribution in [3.05, 3.63) is 70.5 Å². The van der Waals surface area contributed by atoms with Gasteiger partial charge in [0.2, 0.25) is 5.88 Å². The van der Waals surface area contributed by atoms with Crippen LogP contribution in [0.1, 0.15) is 5.56 Å². The molecule has 1 aromatic carbocycles. The van der Waals surface area contributed by atoms with Gasteiger partial charge in [-0.15, -0.1) is 0 Å². The molecule has 8 nitrogen and oxygen atoms in total. The van der Waals surface area contributed by atoms with Crippen molar-refractivity contribution < 1.29 is 14.0 Å². The highest BCUT2D eigenvalue weighted by molar-refractivity contribution is 5.62. The number of halogens is 1. The van der Waals surface area contributed by atoms with Crippen LogP contribution in [-0.4, -0.2) is 30.0 Å². The Balaban J connectivity index is 1.83. The van der Waals surface area contributed by atoms with Crippen molar-refractivity contribution in [2.75, 3.05) is 0 Å². The van der Waals surface area contributed by atoms with E-state index in [-0.39, 0.29) is 18.2 Å². The molecule has 0 spiro atoms. The fourth-order valence-corrected chi connectivity index (χ4v) is 2.56. The average molecular weight is 353 g/mol. The quantitative estimate of drug-likeness (QED) is 0.582. The highest BCUT2D eigenvalue weighted by atomic mass is 19.1. The first kappa shape index (κ1) is 15.8. The Morgan fingerprint density at radius 2 is 2.04 bits per heavy atom. The largest absolute Gasteiger partial charge is 0.493 e. The van der Waals surface area contributed by atoms with Gasteiger partial charge < -0.3 is 14.6 Å². The number of hydrogen-bond acceptors (Lipinski definition) is 6. The van der Waals surface area contributed by atoms with E-state index in [0.717, 1.165) is 6.07 Å². The fraction of sp³-hybridized carbons (Fsp3) is 0.0588. The van der Waals surface area contributed by atoms with Crippen LogP contribution in [0.3, 0.4) is 0 Å². The van der Waals surface area contributed by atoms with Crippen LogP contribution in [0.5, 0.6) is 5.88 Å². The first-order valence-corrected chi connectivity index (χ1v) is 7.63. The van der Waals surface area contributed by atoms with E-state index in [1.807, 2.05) is 0 Å². The van der Waals surface area contributed by atoms with Gasteiger partial charge in [-0.2, -0.15) is 10.1 Å². The van der Waals surface area contributed by atoms with E-state index in [1.165, 1.54) is 17.0 Å².